The lowest BCUT2D eigenvalue weighted by Crippen LogP contribution is -2.31. The first-order valence-electron chi connectivity index (χ1n) is 7.04. The lowest BCUT2D eigenvalue weighted by atomic mass is 10.1. The van der Waals surface area contributed by atoms with Gasteiger partial charge in [-0.15, -0.1) is 0 Å². The van der Waals surface area contributed by atoms with Gasteiger partial charge in [-0.3, -0.25) is 9.59 Å². The molecule has 2 aromatic carbocycles. The van der Waals surface area contributed by atoms with Crippen LogP contribution in [-0.4, -0.2) is 17.9 Å². The summed E-state index contributed by atoms with van der Waals surface area (Å²) < 4.78 is 0. The van der Waals surface area contributed by atoms with Gasteiger partial charge in [-0.2, -0.15) is 0 Å². The number of nitrogens with one attached hydrogen (secondary N) is 2. The van der Waals surface area contributed by atoms with Crippen molar-refractivity contribution in [3.63, 3.8) is 0 Å². The molecular weight excluding hydrogens is 335 g/mol. The van der Waals surface area contributed by atoms with Gasteiger partial charge in [0.05, 0.1) is 21.3 Å². The van der Waals surface area contributed by atoms with E-state index in [9.17, 15) is 9.59 Å². The average molecular weight is 351 g/mol. The Labute approximate surface area is 144 Å². The lowest BCUT2D eigenvalue weighted by Gasteiger charge is -2.13. The van der Waals surface area contributed by atoms with Gasteiger partial charge in [0.25, 0.3) is 11.8 Å². The number of benzene rings is 2. The summed E-state index contributed by atoms with van der Waals surface area (Å²) in [5, 5.41) is 6.20. The Morgan fingerprint density at radius 3 is 2.30 bits per heavy atom. The van der Waals surface area contributed by atoms with E-state index in [-0.39, 0.29) is 17.9 Å². The molecule has 2 amide bonds. The van der Waals surface area contributed by atoms with Gasteiger partial charge >= 0.3 is 0 Å². The first-order chi connectivity index (χ1) is 10.9. The van der Waals surface area contributed by atoms with Crippen molar-refractivity contribution in [1.29, 1.82) is 0 Å². The summed E-state index contributed by atoms with van der Waals surface area (Å²) in [5.41, 5.74) is 1.19. The van der Waals surface area contributed by atoms with Gasteiger partial charge in [0.15, 0.2) is 0 Å². The van der Waals surface area contributed by atoms with Gasteiger partial charge in [-0.25, -0.2) is 0 Å². The number of anilines is 1. The van der Waals surface area contributed by atoms with Gasteiger partial charge in [-0.05, 0) is 44.2 Å². The highest BCUT2D eigenvalue weighted by atomic mass is 35.5. The van der Waals surface area contributed by atoms with Crippen LogP contribution in [0.1, 0.15) is 34.6 Å². The van der Waals surface area contributed by atoms with Crippen LogP contribution in [0.4, 0.5) is 5.69 Å². The van der Waals surface area contributed by atoms with Crippen molar-refractivity contribution in [2.45, 2.75) is 19.9 Å². The molecule has 0 spiro atoms. The van der Waals surface area contributed by atoms with Crippen LogP contribution in [0.15, 0.2) is 42.5 Å². The van der Waals surface area contributed by atoms with Crippen LogP contribution in [-0.2, 0) is 0 Å². The number of carbonyl (C=O) groups is 2. The molecule has 23 heavy (non-hydrogen) atoms. The van der Waals surface area contributed by atoms with Crippen molar-refractivity contribution in [1.82, 2.24) is 5.32 Å². The second-order valence-electron chi connectivity index (χ2n) is 5.26. The van der Waals surface area contributed by atoms with Crippen molar-refractivity contribution in [3.8, 4) is 0 Å². The Bertz CT molecular complexity index is 745. The Morgan fingerprint density at radius 1 is 0.957 bits per heavy atom. The third-order valence-corrected chi connectivity index (χ3v) is 3.76. The highest BCUT2D eigenvalue weighted by molar-refractivity contribution is 6.42. The average Bonchev–Trinajstić information content (AvgIpc) is 2.49. The number of hydrogen-bond acceptors (Lipinski definition) is 2. The summed E-state index contributed by atoms with van der Waals surface area (Å²) in [6.07, 6.45) is 0. The molecule has 4 nitrogen and oxygen atoms in total. The number of amides is 2. The van der Waals surface area contributed by atoms with Crippen LogP contribution < -0.4 is 10.6 Å². The molecule has 2 rings (SSSR count). The van der Waals surface area contributed by atoms with Crippen LogP contribution in [0.25, 0.3) is 0 Å². The predicted octanol–water partition coefficient (Wildman–Crippen LogP) is 4.38. The summed E-state index contributed by atoms with van der Waals surface area (Å²) in [5.74, 6) is -0.613. The molecule has 0 bridgehead atoms. The highest BCUT2D eigenvalue weighted by Gasteiger charge is 2.15. The molecule has 0 aromatic heterocycles. The maximum absolute atomic E-state index is 12.3. The third-order valence-electron chi connectivity index (χ3n) is 3.02. The van der Waals surface area contributed by atoms with Crippen LogP contribution >= 0.6 is 23.2 Å². The molecule has 0 aliphatic heterocycles. The number of para-hydroxylation sites is 1. The zero-order chi connectivity index (χ0) is 17.0. The van der Waals surface area contributed by atoms with E-state index in [1.54, 1.807) is 36.4 Å². The lowest BCUT2D eigenvalue weighted by molar-refractivity contribution is 0.0944. The van der Waals surface area contributed by atoms with Crippen molar-refractivity contribution in [2.24, 2.45) is 0 Å². The molecule has 0 aliphatic rings. The molecule has 120 valence electrons. The van der Waals surface area contributed by atoms with Gasteiger partial charge in [0, 0.05) is 11.6 Å². The summed E-state index contributed by atoms with van der Waals surface area (Å²) >= 11 is 11.8. The van der Waals surface area contributed by atoms with Crippen LogP contribution in [0, 0.1) is 0 Å². The largest absolute Gasteiger partial charge is 0.350 e. The molecule has 0 aliphatic carbocycles. The quantitative estimate of drug-likeness (QED) is 0.859. The first kappa shape index (κ1) is 17.3. The van der Waals surface area contributed by atoms with E-state index in [4.69, 9.17) is 23.2 Å². The molecule has 0 saturated heterocycles. The fourth-order valence-electron chi connectivity index (χ4n) is 1.96. The van der Waals surface area contributed by atoms with E-state index >= 15 is 0 Å². The Balaban J connectivity index is 2.24. The second kappa shape index (κ2) is 7.49. The van der Waals surface area contributed by atoms with E-state index < -0.39 is 0 Å². The zero-order valence-electron chi connectivity index (χ0n) is 12.7. The van der Waals surface area contributed by atoms with Crippen molar-refractivity contribution in [3.05, 3.63) is 63.6 Å². The molecule has 0 unspecified atom stereocenters. The van der Waals surface area contributed by atoms with Crippen molar-refractivity contribution >= 4 is 40.7 Å². The van der Waals surface area contributed by atoms with Crippen LogP contribution in [0.5, 0.6) is 0 Å². The van der Waals surface area contributed by atoms with Gasteiger partial charge in [0.1, 0.15) is 0 Å². The van der Waals surface area contributed by atoms with E-state index in [0.717, 1.165) is 0 Å². The number of hydrogen-bond donors (Lipinski definition) is 2. The molecule has 0 atom stereocenters. The fourth-order valence-corrected chi connectivity index (χ4v) is 2.26. The minimum atomic E-state index is -0.367. The summed E-state index contributed by atoms with van der Waals surface area (Å²) in [4.78, 5) is 24.5. The molecule has 0 fully saturated rings. The molecule has 2 N–H and O–H groups in total. The van der Waals surface area contributed by atoms with E-state index in [2.05, 4.69) is 10.6 Å². The Hall–Kier alpha value is -2.04. The first-order valence-corrected chi connectivity index (χ1v) is 7.80. The predicted molar refractivity (Wildman–Crippen MR) is 93.5 cm³/mol. The van der Waals surface area contributed by atoms with Gasteiger partial charge in [0.2, 0.25) is 0 Å². The van der Waals surface area contributed by atoms with Gasteiger partial charge in [-0.1, -0.05) is 35.3 Å². The molecular formula is C17H16Cl2N2O2. The van der Waals surface area contributed by atoms with E-state index in [1.165, 1.54) is 6.07 Å². The number of rotatable bonds is 4. The molecule has 0 heterocycles. The van der Waals surface area contributed by atoms with Gasteiger partial charge < -0.3 is 10.6 Å². The topological polar surface area (TPSA) is 58.2 Å². The maximum Gasteiger partial charge on any atom is 0.255 e. The Kier molecular flexibility index (Phi) is 5.64. The number of carbonyl (C=O) groups excluding carboxylic acids is 2. The normalized spacial score (nSPS) is 10.5. The highest BCUT2D eigenvalue weighted by Crippen LogP contribution is 2.23. The minimum absolute atomic E-state index is 0.00123. The molecule has 0 saturated carbocycles. The van der Waals surface area contributed by atoms with Crippen molar-refractivity contribution in [2.75, 3.05) is 5.32 Å². The molecule has 2 aromatic rings. The summed E-state index contributed by atoms with van der Waals surface area (Å²) in [6, 6.07) is 11.4. The summed E-state index contributed by atoms with van der Waals surface area (Å²) in [7, 11) is 0. The van der Waals surface area contributed by atoms with Crippen molar-refractivity contribution < 1.29 is 9.59 Å². The smallest absolute Gasteiger partial charge is 0.255 e. The maximum atomic E-state index is 12.3. The van der Waals surface area contributed by atoms with Crippen LogP contribution in [0.2, 0.25) is 10.0 Å². The standard InChI is InChI=1S/C17H16Cl2N2O2/c1-10(2)20-17(23)12-5-3-4-6-15(12)21-16(22)11-7-8-13(18)14(19)9-11/h3-10H,1-2H3,(H,20,23)(H,21,22). The minimum Gasteiger partial charge on any atom is -0.350 e. The van der Waals surface area contributed by atoms with E-state index in [1.807, 2.05) is 13.8 Å². The van der Waals surface area contributed by atoms with Crippen LogP contribution in [0.3, 0.4) is 0 Å². The summed E-state index contributed by atoms with van der Waals surface area (Å²) in [6.45, 7) is 3.74. The third kappa shape index (κ3) is 4.47. The fraction of sp³-hybridized carbons (Fsp3) is 0.176. The monoisotopic (exact) mass is 350 g/mol. The Morgan fingerprint density at radius 2 is 1.65 bits per heavy atom. The second-order valence-corrected chi connectivity index (χ2v) is 6.07. The van der Waals surface area contributed by atoms with E-state index in [0.29, 0.717) is 26.9 Å². The zero-order valence-corrected chi connectivity index (χ0v) is 14.2. The number of halogens is 2. The SMILES string of the molecule is CC(C)NC(=O)c1ccccc1NC(=O)c1ccc(Cl)c(Cl)c1. The molecule has 0 radical (unpaired) electrons. The molecule has 6 heteroatoms.